The summed E-state index contributed by atoms with van der Waals surface area (Å²) in [6.45, 7) is 3.89. The van der Waals surface area contributed by atoms with E-state index in [1.54, 1.807) is 12.1 Å². The van der Waals surface area contributed by atoms with Gasteiger partial charge in [0.05, 0.1) is 0 Å². The lowest BCUT2D eigenvalue weighted by Gasteiger charge is -2.45. The van der Waals surface area contributed by atoms with Crippen LogP contribution in [0.2, 0.25) is 0 Å². The summed E-state index contributed by atoms with van der Waals surface area (Å²) < 4.78 is 13.7. The van der Waals surface area contributed by atoms with Gasteiger partial charge in [-0.05, 0) is 65.9 Å². The molecule has 0 fully saturated rings. The van der Waals surface area contributed by atoms with E-state index in [9.17, 15) is 14.6 Å². The minimum absolute atomic E-state index is 0.120. The largest absolute Gasteiger partial charge is 0.508 e. The summed E-state index contributed by atoms with van der Waals surface area (Å²) >= 11 is 0. The van der Waals surface area contributed by atoms with Crippen LogP contribution in [0.1, 0.15) is 41.5 Å². The molecule has 0 bridgehead atoms. The molecule has 4 rings (SSSR count). The second-order valence-electron chi connectivity index (χ2n) is 6.53. The molecule has 120 valence electrons. The van der Waals surface area contributed by atoms with E-state index < -0.39 is 5.82 Å². The molecule has 1 aliphatic carbocycles. The molecule has 2 N–H and O–H groups in total. The zero-order valence-corrected chi connectivity index (χ0v) is 13.1. The Morgan fingerprint density at radius 2 is 1.96 bits per heavy atom. The van der Waals surface area contributed by atoms with Crippen LogP contribution in [0.4, 0.5) is 4.39 Å². The number of fused-ring (bicyclic) bond motifs is 5. The van der Waals surface area contributed by atoms with Gasteiger partial charge in [0.1, 0.15) is 5.75 Å². The summed E-state index contributed by atoms with van der Waals surface area (Å²) in [5.74, 6) is -0.430. The lowest BCUT2D eigenvalue weighted by atomic mass is 9.71. The van der Waals surface area contributed by atoms with Gasteiger partial charge in [-0.3, -0.25) is 4.90 Å². The highest BCUT2D eigenvalue weighted by atomic mass is 19.1. The molecule has 2 aromatic rings. The second kappa shape index (κ2) is 5.24. The van der Waals surface area contributed by atoms with Gasteiger partial charge >= 0.3 is 0 Å². The van der Waals surface area contributed by atoms with Crippen LogP contribution in [0.5, 0.6) is 11.5 Å². The van der Waals surface area contributed by atoms with E-state index in [-0.39, 0.29) is 17.4 Å². The average Bonchev–Trinajstić information content (AvgIpc) is 2.54. The van der Waals surface area contributed by atoms with Gasteiger partial charge in [-0.2, -0.15) is 0 Å². The molecular formula is C19H20FNO2. The van der Waals surface area contributed by atoms with Gasteiger partial charge in [0.2, 0.25) is 0 Å². The third kappa shape index (κ3) is 2.20. The highest BCUT2D eigenvalue weighted by molar-refractivity contribution is 5.50. The number of benzene rings is 2. The molecule has 23 heavy (non-hydrogen) atoms. The fourth-order valence-corrected chi connectivity index (χ4v) is 4.29. The van der Waals surface area contributed by atoms with Gasteiger partial charge in [-0.15, -0.1) is 0 Å². The Labute approximate surface area is 135 Å². The zero-order valence-electron chi connectivity index (χ0n) is 13.1. The SMILES string of the molecule is CCN1Cc2cc(O)ccc2[C@@H]2c3cc(O)c(F)cc3CC[C@H]21. The van der Waals surface area contributed by atoms with Crippen molar-refractivity contribution in [3.05, 3.63) is 58.4 Å². The third-order valence-corrected chi connectivity index (χ3v) is 5.35. The lowest BCUT2D eigenvalue weighted by molar-refractivity contribution is 0.149. The molecular weight excluding hydrogens is 293 g/mol. The fourth-order valence-electron chi connectivity index (χ4n) is 4.29. The van der Waals surface area contributed by atoms with Crippen molar-refractivity contribution in [2.75, 3.05) is 6.54 Å². The number of likely N-dealkylation sites (N-methyl/N-ethyl adjacent to an activating group) is 1. The molecule has 2 aliphatic rings. The molecule has 0 spiro atoms. The summed E-state index contributed by atoms with van der Waals surface area (Å²) in [5, 5.41) is 19.7. The highest BCUT2D eigenvalue weighted by Gasteiger charge is 2.39. The Bertz CT molecular complexity index is 774. The van der Waals surface area contributed by atoms with E-state index >= 15 is 0 Å². The van der Waals surface area contributed by atoms with Crippen molar-refractivity contribution in [1.29, 1.82) is 0 Å². The van der Waals surface area contributed by atoms with Crippen molar-refractivity contribution in [3.8, 4) is 11.5 Å². The maximum Gasteiger partial charge on any atom is 0.165 e. The van der Waals surface area contributed by atoms with Gasteiger partial charge in [0.15, 0.2) is 11.6 Å². The minimum Gasteiger partial charge on any atom is -0.508 e. The first kappa shape index (κ1) is 14.5. The molecule has 0 amide bonds. The first-order chi connectivity index (χ1) is 11.1. The van der Waals surface area contributed by atoms with Crippen LogP contribution in [0.3, 0.4) is 0 Å². The predicted octanol–water partition coefficient (Wildman–Crippen LogP) is 3.52. The number of aryl methyl sites for hydroxylation is 1. The number of aromatic hydroxyl groups is 2. The van der Waals surface area contributed by atoms with E-state index in [4.69, 9.17) is 0 Å². The first-order valence-electron chi connectivity index (χ1n) is 8.15. The summed E-state index contributed by atoms with van der Waals surface area (Å²) in [5.41, 5.74) is 4.30. The lowest BCUT2D eigenvalue weighted by Crippen LogP contribution is -2.45. The molecule has 1 heterocycles. The predicted molar refractivity (Wildman–Crippen MR) is 86.2 cm³/mol. The summed E-state index contributed by atoms with van der Waals surface area (Å²) in [7, 11) is 0. The van der Waals surface area contributed by atoms with Gasteiger partial charge < -0.3 is 10.2 Å². The molecule has 3 nitrogen and oxygen atoms in total. The molecule has 0 unspecified atom stereocenters. The van der Waals surface area contributed by atoms with Crippen LogP contribution in [0.15, 0.2) is 30.3 Å². The average molecular weight is 313 g/mol. The van der Waals surface area contributed by atoms with Crippen LogP contribution in [0, 0.1) is 5.82 Å². The van der Waals surface area contributed by atoms with Gasteiger partial charge in [-0.1, -0.05) is 13.0 Å². The number of rotatable bonds is 1. The number of hydrogen-bond acceptors (Lipinski definition) is 3. The molecule has 0 saturated carbocycles. The Hall–Kier alpha value is -2.07. The normalized spacial score (nSPS) is 23.0. The molecule has 1 aliphatic heterocycles. The Morgan fingerprint density at radius 1 is 1.13 bits per heavy atom. The van der Waals surface area contributed by atoms with Crippen LogP contribution in [-0.4, -0.2) is 27.7 Å². The highest BCUT2D eigenvalue weighted by Crippen LogP contribution is 2.46. The molecule has 2 aromatic carbocycles. The maximum absolute atomic E-state index is 13.7. The van der Waals surface area contributed by atoms with E-state index in [0.29, 0.717) is 6.04 Å². The van der Waals surface area contributed by atoms with Crippen molar-refractivity contribution in [2.24, 2.45) is 0 Å². The van der Waals surface area contributed by atoms with Crippen molar-refractivity contribution in [3.63, 3.8) is 0 Å². The molecule has 4 heteroatoms. The van der Waals surface area contributed by atoms with Gasteiger partial charge in [-0.25, -0.2) is 4.39 Å². The number of hydrogen-bond donors (Lipinski definition) is 2. The first-order valence-corrected chi connectivity index (χ1v) is 8.15. The number of phenolic OH excluding ortho intramolecular Hbond substituents is 2. The standard InChI is InChI=1S/C19H20FNO2/c1-2-21-10-12-7-13(22)4-5-14(12)19-15-9-18(23)16(20)8-11(15)3-6-17(19)21/h4-5,7-9,17,19,22-23H,2-3,6,10H2,1H3/t17-,19-/m1/s1. The molecule has 2 atom stereocenters. The Kier molecular flexibility index (Phi) is 3.31. The topological polar surface area (TPSA) is 43.7 Å². The Balaban J connectivity index is 1.92. The van der Waals surface area contributed by atoms with Crippen molar-refractivity contribution in [1.82, 2.24) is 4.90 Å². The van der Waals surface area contributed by atoms with E-state index in [1.165, 1.54) is 11.6 Å². The van der Waals surface area contributed by atoms with Crippen LogP contribution in [0.25, 0.3) is 0 Å². The smallest absolute Gasteiger partial charge is 0.165 e. The monoisotopic (exact) mass is 313 g/mol. The van der Waals surface area contributed by atoms with Crippen molar-refractivity contribution >= 4 is 0 Å². The van der Waals surface area contributed by atoms with E-state index in [1.807, 2.05) is 12.1 Å². The quantitative estimate of drug-likeness (QED) is 0.846. The van der Waals surface area contributed by atoms with Crippen LogP contribution < -0.4 is 0 Å². The number of nitrogens with zero attached hydrogens (tertiary/aromatic N) is 1. The van der Waals surface area contributed by atoms with Crippen molar-refractivity contribution < 1.29 is 14.6 Å². The summed E-state index contributed by atoms with van der Waals surface area (Å²) in [4.78, 5) is 2.41. The summed E-state index contributed by atoms with van der Waals surface area (Å²) in [6, 6.07) is 8.95. The van der Waals surface area contributed by atoms with Gasteiger partial charge in [0, 0.05) is 18.5 Å². The van der Waals surface area contributed by atoms with Crippen LogP contribution >= 0.6 is 0 Å². The summed E-state index contributed by atoms with van der Waals surface area (Å²) in [6.07, 6.45) is 1.81. The zero-order chi connectivity index (χ0) is 16.1. The fraction of sp³-hybridized carbons (Fsp3) is 0.368. The second-order valence-corrected chi connectivity index (χ2v) is 6.53. The minimum atomic E-state index is -0.545. The molecule has 0 aromatic heterocycles. The van der Waals surface area contributed by atoms with E-state index in [0.717, 1.165) is 42.6 Å². The Morgan fingerprint density at radius 3 is 2.74 bits per heavy atom. The number of phenols is 2. The van der Waals surface area contributed by atoms with Gasteiger partial charge in [0.25, 0.3) is 0 Å². The van der Waals surface area contributed by atoms with E-state index in [2.05, 4.69) is 11.8 Å². The third-order valence-electron chi connectivity index (χ3n) is 5.35. The number of halogens is 1. The maximum atomic E-state index is 13.7. The van der Waals surface area contributed by atoms with Crippen molar-refractivity contribution in [2.45, 2.75) is 38.3 Å². The van der Waals surface area contributed by atoms with Crippen LogP contribution in [-0.2, 0) is 13.0 Å². The molecule has 0 radical (unpaired) electrons. The molecule has 0 saturated heterocycles.